The maximum Gasteiger partial charge on any atom is 0.123 e. The van der Waals surface area contributed by atoms with Crippen LogP contribution in [0.2, 0.25) is 0 Å². The standard InChI is InChI=1S/C13H10FN3/c14-10-3-1-2-9(8-10)11-4-5-13(16)17-12(11)6-7-15/h1-5,8H,6H2,(H2,16,17). The average molecular weight is 227 g/mol. The fourth-order valence-corrected chi connectivity index (χ4v) is 1.65. The topological polar surface area (TPSA) is 62.7 Å². The molecule has 0 aliphatic carbocycles. The zero-order valence-electron chi connectivity index (χ0n) is 9.02. The third-order valence-corrected chi connectivity index (χ3v) is 2.38. The van der Waals surface area contributed by atoms with Crippen LogP contribution >= 0.6 is 0 Å². The molecule has 3 nitrogen and oxygen atoms in total. The first kappa shape index (κ1) is 11.1. The number of nitrogen functional groups attached to an aromatic ring is 1. The molecule has 0 aliphatic rings. The van der Waals surface area contributed by atoms with Crippen molar-refractivity contribution in [1.82, 2.24) is 4.98 Å². The Hall–Kier alpha value is -2.41. The zero-order chi connectivity index (χ0) is 12.3. The van der Waals surface area contributed by atoms with Gasteiger partial charge in [-0.05, 0) is 29.8 Å². The third-order valence-electron chi connectivity index (χ3n) is 2.38. The minimum Gasteiger partial charge on any atom is -0.384 e. The Morgan fingerprint density at radius 2 is 2.12 bits per heavy atom. The summed E-state index contributed by atoms with van der Waals surface area (Å²) in [6.07, 6.45) is 0.150. The number of nitrogens with zero attached hydrogens (tertiary/aromatic N) is 2. The molecule has 0 atom stereocenters. The summed E-state index contributed by atoms with van der Waals surface area (Å²) in [4.78, 5) is 4.10. The highest BCUT2D eigenvalue weighted by molar-refractivity contribution is 5.67. The molecule has 1 aromatic carbocycles. The van der Waals surface area contributed by atoms with Crippen LogP contribution in [0.5, 0.6) is 0 Å². The first-order valence-corrected chi connectivity index (χ1v) is 5.09. The van der Waals surface area contributed by atoms with E-state index in [1.54, 1.807) is 24.3 Å². The van der Waals surface area contributed by atoms with Gasteiger partial charge in [0.25, 0.3) is 0 Å². The fraction of sp³-hybridized carbons (Fsp3) is 0.0769. The number of nitrogens with two attached hydrogens (primary N) is 1. The van der Waals surface area contributed by atoms with E-state index >= 15 is 0 Å². The van der Waals surface area contributed by atoms with E-state index in [9.17, 15) is 4.39 Å². The molecule has 0 saturated carbocycles. The van der Waals surface area contributed by atoms with Gasteiger partial charge in [0.05, 0.1) is 18.2 Å². The van der Waals surface area contributed by atoms with Crippen molar-refractivity contribution in [3.05, 3.63) is 47.9 Å². The fourth-order valence-electron chi connectivity index (χ4n) is 1.65. The van der Waals surface area contributed by atoms with Crippen LogP contribution in [0.3, 0.4) is 0 Å². The SMILES string of the molecule is N#CCc1nc(N)ccc1-c1cccc(F)c1. The molecule has 84 valence electrons. The first-order valence-electron chi connectivity index (χ1n) is 5.09. The summed E-state index contributed by atoms with van der Waals surface area (Å²) in [5.74, 6) is 0.0395. The van der Waals surface area contributed by atoms with Crippen LogP contribution in [0, 0.1) is 17.1 Å². The predicted octanol–water partition coefficient (Wildman–Crippen LogP) is 2.54. The number of nitriles is 1. The van der Waals surface area contributed by atoms with Crippen LogP contribution in [0.25, 0.3) is 11.1 Å². The van der Waals surface area contributed by atoms with Gasteiger partial charge < -0.3 is 5.73 Å². The van der Waals surface area contributed by atoms with Crippen LogP contribution in [-0.2, 0) is 6.42 Å². The second-order valence-corrected chi connectivity index (χ2v) is 3.58. The Balaban J connectivity index is 2.55. The summed E-state index contributed by atoms with van der Waals surface area (Å²) in [6, 6.07) is 11.6. The van der Waals surface area contributed by atoms with Crippen molar-refractivity contribution < 1.29 is 4.39 Å². The lowest BCUT2D eigenvalue weighted by Gasteiger charge is -2.07. The van der Waals surface area contributed by atoms with Crippen molar-refractivity contribution in [2.24, 2.45) is 0 Å². The Morgan fingerprint density at radius 3 is 2.82 bits per heavy atom. The van der Waals surface area contributed by atoms with E-state index in [0.29, 0.717) is 17.1 Å². The molecule has 0 radical (unpaired) electrons. The van der Waals surface area contributed by atoms with Gasteiger partial charge in [-0.3, -0.25) is 0 Å². The number of benzene rings is 1. The molecule has 0 unspecified atom stereocenters. The summed E-state index contributed by atoms with van der Waals surface area (Å²) >= 11 is 0. The van der Waals surface area contributed by atoms with Gasteiger partial charge in [-0.15, -0.1) is 0 Å². The second-order valence-electron chi connectivity index (χ2n) is 3.58. The maximum atomic E-state index is 13.1. The summed E-state index contributed by atoms with van der Waals surface area (Å²) in [5, 5.41) is 8.73. The predicted molar refractivity (Wildman–Crippen MR) is 63.4 cm³/mol. The molecule has 0 amide bonds. The smallest absolute Gasteiger partial charge is 0.123 e. The molecule has 1 heterocycles. The maximum absolute atomic E-state index is 13.1. The monoisotopic (exact) mass is 227 g/mol. The zero-order valence-corrected chi connectivity index (χ0v) is 9.02. The summed E-state index contributed by atoms with van der Waals surface area (Å²) in [7, 11) is 0. The molecule has 2 aromatic rings. The largest absolute Gasteiger partial charge is 0.384 e. The van der Waals surface area contributed by atoms with Crippen molar-refractivity contribution >= 4 is 5.82 Å². The minimum absolute atomic E-state index is 0.150. The lowest BCUT2D eigenvalue weighted by molar-refractivity contribution is 0.628. The van der Waals surface area contributed by atoms with Crippen LogP contribution < -0.4 is 5.73 Å². The van der Waals surface area contributed by atoms with Gasteiger partial charge in [-0.1, -0.05) is 12.1 Å². The van der Waals surface area contributed by atoms with Crippen molar-refractivity contribution in [2.75, 3.05) is 5.73 Å². The highest BCUT2D eigenvalue weighted by atomic mass is 19.1. The number of aromatic nitrogens is 1. The Morgan fingerprint density at radius 1 is 1.29 bits per heavy atom. The molecule has 2 rings (SSSR count). The Kier molecular flexibility index (Phi) is 3.01. The van der Waals surface area contributed by atoms with E-state index < -0.39 is 0 Å². The Bertz CT molecular complexity index is 587. The van der Waals surface area contributed by atoms with E-state index in [4.69, 9.17) is 11.0 Å². The van der Waals surface area contributed by atoms with E-state index in [2.05, 4.69) is 4.98 Å². The highest BCUT2D eigenvalue weighted by Crippen LogP contribution is 2.24. The molecule has 2 N–H and O–H groups in total. The molecule has 0 fully saturated rings. The van der Waals surface area contributed by atoms with Gasteiger partial charge in [0.15, 0.2) is 0 Å². The number of rotatable bonds is 2. The van der Waals surface area contributed by atoms with Crippen LogP contribution in [0.4, 0.5) is 10.2 Å². The molecule has 0 aliphatic heterocycles. The molecule has 0 bridgehead atoms. The molecule has 17 heavy (non-hydrogen) atoms. The van der Waals surface area contributed by atoms with E-state index in [0.717, 1.165) is 5.56 Å². The molecule has 0 spiro atoms. The third kappa shape index (κ3) is 2.40. The van der Waals surface area contributed by atoms with Gasteiger partial charge in [-0.2, -0.15) is 5.26 Å². The van der Waals surface area contributed by atoms with Gasteiger partial charge in [-0.25, -0.2) is 9.37 Å². The van der Waals surface area contributed by atoms with E-state index in [1.165, 1.54) is 12.1 Å². The quantitative estimate of drug-likeness (QED) is 0.857. The lowest BCUT2D eigenvalue weighted by atomic mass is 10.0. The molecule has 4 heteroatoms. The van der Waals surface area contributed by atoms with E-state index in [-0.39, 0.29) is 12.2 Å². The number of halogens is 1. The number of hydrogen-bond acceptors (Lipinski definition) is 3. The summed E-state index contributed by atoms with van der Waals surface area (Å²) in [5.41, 5.74) is 7.57. The van der Waals surface area contributed by atoms with Crippen LogP contribution in [-0.4, -0.2) is 4.98 Å². The lowest BCUT2D eigenvalue weighted by Crippen LogP contribution is -1.98. The number of pyridine rings is 1. The van der Waals surface area contributed by atoms with Gasteiger partial charge in [0.2, 0.25) is 0 Å². The molecular formula is C13H10FN3. The average Bonchev–Trinajstić information content (AvgIpc) is 2.29. The van der Waals surface area contributed by atoms with Gasteiger partial charge in [0.1, 0.15) is 11.6 Å². The summed E-state index contributed by atoms with van der Waals surface area (Å²) in [6.45, 7) is 0. The summed E-state index contributed by atoms with van der Waals surface area (Å²) < 4.78 is 13.1. The van der Waals surface area contributed by atoms with Gasteiger partial charge >= 0.3 is 0 Å². The van der Waals surface area contributed by atoms with Crippen molar-refractivity contribution in [3.8, 4) is 17.2 Å². The molecule has 1 aromatic heterocycles. The second kappa shape index (κ2) is 4.62. The number of anilines is 1. The van der Waals surface area contributed by atoms with E-state index in [1.807, 2.05) is 6.07 Å². The van der Waals surface area contributed by atoms with Crippen LogP contribution in [0.1, 0.15) is 5.69 Å². The van der Waals surface area contributed by atoms with Crippen molar-refractivity contribution in [3.63, 3.8) is 0 Å². The molecule has 0 saturated heterocycles. The van der Waals surface area contributed by atoms with Crippen molar-refractivity contribution in [2.45, 2.75) is 6.42 Å². The first-order chi connectivity index (χ1) is 8.20. The normalized spacial score (nSPS) is 9.88. The Labute approximate surface area is 98.3 Å². The molecular weight excluding hydrogens is 217 g/mol. The number of hydrogen-bond donors (Lipinski definition) is 1. The van der Waals surface area contributed by atoms with Crippen molar-refractivity contribution in [1.29, 1.82) is 5.26 Å². The highest BCUT2D eigenvalue weighted by Gasteiger charge is 2.07. The van der Waals surface area contributed by atoms with Crippen LogP contribution in [0.15, 0.2) is 36.4 Å². The minimum atomic E-state index is -0.317. The van der Waals surface area contributed by atoms with Gasteiger partial charge in [0, 0.05) is 5.56 Å².